The first-order chi connectivity index (χ1) is 15.8. The van der Waals surface area contributed by atoms with Gasteiger partial charge in [0.25, 0.3) is 0 Å². The van der Waals surface area contributed by atoms with Crippen molar-refractivity contribution in [2.75, 3.05) is 10.7 Å². The first kappa shape index (κ1) is 21.8. The summed E-state index contributed by atoms with van der Waals surface area (Å²) >= 11 is 0. The third kappa shape index (κ3) is 3.74. The van der Waals surface area contributed by atoms with Crippen LogP contribution in [0.5, 0.6) is 0 Å². The number of nitrogens with zero attached hydrogens (tertiary/aromatic N) is 2. The molecule has 0 radical (unpaired) electrons. The summed E-state index contributed by atoms with van der Waals surface area (Å²) in [7, 11) is -3.23. The van der Waals surface area contributed by atoms with Crippen molar-refractivity contribution in [1.29, 1.82) is 4.78 Å². The van der Waals surface area contributed by atoms with Gasteiger partial charge in [-0.05, 0) is 73.2 Å². The molecule has 1 aliphatic heterocycles. The highest BCUT2D eigenvalue weighted by atomic mass is 32.2. The summed E-state index contributed by atoms with van der Waals surface area (Å²) in [6, 6.07) is 14.8. The smallest absolute Gasteiger partial charge is 0.231 e. The van der Waals surface area contributed by atoms with E-state index in [4.69, 9.17) is 4.78 Å². The Morgan fingerprint density at radius 2 is 1.91 bits per heavy atom. The van der Waals surface area contributed by atoms with Gasteiger partial charge < -0.3 is 4.90 Å². The van der Waals surface area contributed by atoms with E-state index >= 15 is 0 Å². The number of hydrogen-bond donors (Lipinski definition) is 1. The predicted molar refractivity (Wildman–Crippen MR) is 127 cm³/mol. The van der Waals surface area contributed by atoms with Gasteiger partial charge in [0.1, 0.15) is 5.82 Å². The Bertz CT molecular complexity index is 1360. The Morgan fingerprint density at radius 3 is 2.64 bits per heavy atom. The molecule has 0 unspecified atom stereocenters. The number of amides is 1. The van der Waals surface area contributed by atoms with Gasteiger partial charge in [-0.1, -0.05) is 25.1 Å². The highest BCUT2D eigenvalue weighted by molar-refractivity contribution is 7.92. The van der Waals surface area contributed by atoms with Crippen molar-refractivity contribution >= 4 is 21.3 Å². The molecule has 0 fully saturated rings. The maximum Gasteiger partial charge on any atom is 0.231 e. The molecule has 3 atom stereocenters. The topological polar surface area (TPSA) is 74.1 Å². The summed E-state index contributed by atoms with van der Waals surface area (Å²) in [6.07, 6.45) is 3.62. The monoisotopic (exact) mass is 463 g/mol. The van der Waals surface area contributed by atoms with E-state index in [-0.39, 0.29) is 28.5 Å². The number of nitrogens with one attached hydrogen (secondary N) is 1. The molecule has 2 aliphatic rings. The second kappa shape index (κ2) is 8.06. The Kier molecular flexibility index (Phi) is 5.32. The Balaban J connectivity index is 1.44. The Morgan fingerprint density at radius 1 is 1.12 bits per heavy atom. The summed E-state index contributed by atoms with van der Waals surface area (Å²) in [4.78, 5) is 19.7. The van der Waals surface area contributed by atoms with Gasteiger partial charge >= 0.3 is 0 Å². The number of anilines is 1. The maximum absolute atomic E-state index is 14.6. The van der Waals surface area contributed by atoms with Gasteiger partial charge in [-0.3, -0.25) is 9.78 Å². The van der Waals surface area contributed by atoms with E-state index in [0.717, 1.165) is 22.4 Å². The van der Waals surface area contributed by atoms with Crippen LogP contribution in [-0.4, -0.2) is 26.9 Å². The van der Waals surface area contributed by atoms with E-state index in [0.29, 0.717) is 24.9 Å². The second-order valence-corrected chi connectivity index (χ2v) is 11.3. The fraction of sp³-hybridized carbons (Fsp3) is 0.308. The van der Waals surface area contributed by atoms with Gasteiger partial charge in [-0.15, -0.1) is 0 Å². The molecule has 1 aromatic heterocycles. The number of halogens is 1. The first-order valence-corrected chi connectivity index (χ1v) is 13.0. The van der Waals surface area contributed by atoms with Gasteiger partial charge in [0.2, 0.25) is 5.91 Å². The molecule has 5 rings (SSSR count). The lowest BCUT2D eigenvalue weighted by atomic mass is 10.0. The number of carbonyl (C=O) groups is 1. The van der Waals surface area contributed by atoms with Crippen LogP contribution < -0.4 is 4.90 Å². The summed E-state index contributed by atoms with van der Waals surface area (Å²) in [5.41, 5.74) is 5.59. The number of hydrogen-bond acceptors (Lipinski definition) is 4. The van der Waals surface area contributed by atoms with Crippen molar-refractivity contribution in [2.45, 2.75) is 44.0 Å². The predicted octanol–water partition coefficient (Wildman–Crippen LogP) is 5.01. The lowest BCUT2D eigenvalue weighted by Crippen LogP contribution is -2.40. The molecule has 2 aromatic carbocycles. The molecule has 0 bridgehead atoms. The lowest BCUT2D eigenvalue weighted by molar-refractivity contribution is -0.122. The number of aromatic nitrogens is 1. The Labute approximate surface area is 193 Å². The standard InChI is InChI=1S/C26H26FN3O2S/c1-3-33(28,32)25-15-24-20(14-22(25)27)10-16(2)30(24)26(31)21-11-17-7-8-18(12-19(17)13-21)23-6-4-5-9-29-23/h4-9,12,14-16,21,28H,3,10-11,13H2,1-2H3/t16-,21-,33+/m1/s1. The molecule has 3 aromatic rings. The van der Waals surface area contributed by atoms with E-state index in [1.165, 1.54) is 17.7 Å². The van der Waals surface area contributed by atoms with E-state index < -0.39 is 15.5 Å². The SMILES string of the molecule is CC[S@](=N)(=O)c1cc2c(cc1F)C[C@@H](C)N2C(=O)[C@@H]1Cc2ccc(-c3ccccn3)cc2C1. The van der Waals surface area contributed by atoms with Crippen molar-refractivity contribution in [1.82, 2.24) is 4.98 Å². The van der Waals surface area contributed by atoms with Crippen LogP contribution in [0.2, 0.25) is 0 Å². The van der Waals surface area contributed by atoms with Crippen LogP contribution in [-0.2, 0) is 33.8 Å². The molecule has 0 saturated heterocycles. The second-order valence-electron chi connectivity index (χ2n) is 8.94. The molecular weight excluding hydrogens is 437 g/mol. The van der Waals surface area contributed by atoms with Crippen LogP contribution >= 0.6 is 0 Å². The average Bonchev–Trinajstić information content (AvgIpc) is 3.38. The molecule has 1 aliphatic carbocycles. The minimum absolute atomic E-state index is 0.00220. The molecule has 33 heavy (non-hydrogen) atoms. The third-order valence-electron chi connectivity index (χ3n) is 6.80. The maximum atomic E-state index is 14.6. The zero-order chi connectivity index (χ0) is 23.3. The van der Waals surface area contributed by atoms with E-state index in [1.54, 1.807) is 18.0 Å². The molecule has 5 nitrogen and oxygen atoms in total. The Hall–Kier alpha value is -3.06. The molecule has 170 valence electrons. The summed E-state index contributed by atoms with van der Waals surface area (Å²) < 4.78 is 35.3. The van der Waals surface area contributed by atoms with Gasteiger partial charge in [0.15, 0.2) is 0 Å². The largest absolute Gasteiger partial charge is 0.309 e. The lowest BCUT2D eigenvalue weighted by Gasteiger charge is -2.26. The van der Waals surface area contributed by atoms with Crippen molar-refractivity contribution in [2.24, 2.45) is 5.92 Å². The number of benzene rings is 2. The normalized spacial score (nSPS) is 20.9. The first-order valence-electron chi connectivity index (χ1n) is 11.2. The number of fused-ring (bicyclic) bond motifs is 2. The molecule has 2 heterocycles. The zero-order valence-electron chi connectivity index (χ0n) is 18.7. The fourth-order valence-corrected chi connectivity index (χ4v) is 6.03. The zero-order valence-corrected chi connectivity index (χ0v) is 19.5. The molecule has 0 saturated carbocycles. The number of carbonyl (C=O) groups excluding carboxylic acids is 1. The van der Waals surface area contributed by atoms with Crippen LogP contribution in [0, 0.1) is 16.5 Å². The molecule has 1 N–H and O–H groups in total. The number of rotatable bonds is 4. The van der Waals surface area contributed by atoms with Gasteiger partial charge in [-0.25, -0.2) is 13.4 Å². The van der Waals surface area contributed by atoms with Gasteiger partial charge in [0.05, 0.1) is 20.3 Å². The van der Waals surface area contributed by atoms with E-state index in [1.807, 2.05) is 31.2 Å². The minimum atomic E-state index is -3.23. The molecule has 7 heteroatoms. The van der Waals surface area contributed by atoms with Crippen LogP contribution in [0.25, 0.3) is 11.3 Å². The summed E-state index contributed by atoms with van der Waals surface area (Å²) in [5.74, 6) is -0.787. The van der Waals surface area contributed by atoms with Crippen LogP contribution in [0.3, 0.4) is 0 Å². The third-order valence-corrected chi connectivity index (χ3v) is 8.63. The van der Waals surface area contributed by atoms with Crippen LogP contribution in [0.1, 0.15) is 30.5 Å². The van der Waals surface area contributed by atoms with E-state index in [9.17, 15) is 13.4 Å². The van der Waals surface area contributed by atoms with E-state index in [2.05, 4.69) is 17.1 Å². The summed E-state index contributed by atoms with van der Waals surface area (Å²) in [6.45, 7) is 3.57. The number of pyridine rings is 1. The van der Waals surface area contributed by atoms with Crippen molar-refractivity contribution in [3.05, 3.63) is 77.2 Å². The highest BCUT2D eigenvalue weighted by Crippen LogP contribution is 2.39. The van der Waals surface area contributed by atoms with Crippen molar-refractivity contribution in [3.63, 3.8) is 0 Å². The average molecular weight is 464 g/mol. The molecular formula is C26H26FN3O2S. The van der Waals surface area contributed by atoms with Crippen molar-refractivity contribution < 1.29 is 13.4 Å². The van der Waals surface area contributed by atoms with Gasteiger partial charge in [-0.2, -0.15) is 0 Å². The quantitative estimate of drug-likeness (QED) is 0.591. The summed E-state index contributed by atoms with van der Waals surface area (Å²) in [5, 5.41) is 0. The fourth-order valence-electron chi connectivity index (χ4n) is 5.05. The molecule has 0 spiro atoms. The molecule has 1 amide bonds. The van der Waals surface area contributed by atoms with Crippen molar-refractivity contribution in [3.8, 4) is 11.3 Å². The van der Waals surface area contributed by atoms with Crippen LogP contribution in [0.15, 0.2) is 59.6 Å². The van der Waals surface area contributed by atoms with Crippen LogP contribution in [0.4, 0.5) is 10.1 Å². The highest BCUT2D eigenvalue weighted by Gasteiger charge is 2.38. The minimum Gasteiger partial charge on any atom is -0.309 e. The van der Waals surface area contributed by atoms with Gasteiger partial charge in [0, 0.05) is 35.2 Å².